The zero-order chi connectivity index (χ0) is 11.0. The van der Waals surface area contributed by atoms with Crippen molar-refractivity contribution in [1.29, 1.82) is 0 Å². The topological polar surface area (TPSA) is 97.9 Å². The Kier molecular flexibility index (Phi) is 2.07. The normalized spacial score (nSPS) is 15.5. The van der Waals surface area contributed by atoms with E-state index in [9.17, 15) is 4.79 Å². The quantitative estimate of drug-likeness (QED) is 0.605. The van der Waals surface area contributed by atoms with Gasteiger partial charge in [0.2, 0.25) is 5.95 Å². The lowest BCUT2D eigenvalue weighted by atomic mass is 10.1. The molecule has 7 heteroatoms. The number of carbonyl (C=O) groups is 1. The number of nitrogen functional groups attached to an aromatic ring is 1. The molecule has 1 aromatic rings. The number of rotatable bonds is 1. The van der Waals surface area contributed by atoms with Gasteiger partial charge >= 0.3 is 0 Å². The summed E-state index contributed by atoms with van der Waals surface area (Å²) >= 11 is 0. The van der Waals surface area contributed by atoms with Crippen LogP contribution in [0.3, 0.4) is 0 Å². The Morgan fingerprint density at radius 1 is 1.47 bits per heavy atom. The lowest BCUT2D eigenvalue weighted by Gasteiger charge is -2.08. The molecule has 80 valence electrons. The molecule has 0 aromatic carbocycles. The number of anilines is 2. The second-order valence-electron chi connectivity index (χ2n) is 3.24. The van der Waals surface area contributed by atoms with Crippen LogP contribution in [-0.4, -0.2) is 20.8 Å². The Morgan fingerprint density at radius 3 is 2.87 bits per heavy atom. The molecule has 1 aliphatic rings. The largest absolute Gasteiger partial charge is 0.366 e. The predicted molar refractivity (Wildman–Crippen MR) is 55.4 cm³/mol. The van der Waals surface area contributed by atoms with E-state index in [0.717, 1.165) is 5.70 Å². The molecule has 0 fully saturated rings. The molecule has 0 radical (unpaired) electrons. The molecule has 0 unspecified atom stereocenters. The molecule has 2 heterocycles. The van der Waals surface area contributed by atoms with Gasteiger partial charge in [-0.3, -0.25) is 15.5 Å². The highest BCUT2D eigenvalue weighted by molar-refractivity contribution is 6.04. The Labute approximate surface area is 86.3 Å². The van der Waals surface area contributed by atoms with Crippen molar-refractivity contribution < 1.29 is 4.79 Å². The smallest absolute Gasteiger partial charge is 0.255 e. The van der Waals surface area contributed by atoms with Gasteiger partial charge in [0.1, 0.15) is 0 Å². The first kappa shape index (κ1) is 9.50. The molecular formula is C8H12N6O. The monoisotopic (exact) mass is 208 g/mol. The lowest BCUT2D eigenvalue weighted by molar-refractivity contribution is -0.113. The Bertz CT molecular complexity index is 446. The second-order valence-corrected chi connectivity index (χ2v) is 3.24. The van der Waals surface area contributed by atoms with E-state index >= 15 is 0 Å². The molecule has 0 aliphatic carbocycles. The number of nitrogens with two attached hydrogens (primary N) is 1. The van der Waals surface area contributed by atoms with Gasteiger partial charge in [-0.05, 0) is 13.3 Å². The fourth-order valence-corrected chi connectivity index (χ4v) is 1.50. The molecule has 0 atom stereocenters. The van der Waals surface area contributed by atoms with Crippen molar-refractivity contribution in [2.75, 3.05) is 16.5 Å². The molecule has 4 N–H and O–H groups in total. The summed E-state index contributed by atoms with van der Waals surface area (Å²) in [7, 11) is 0. The molecule has 1 aliphatic heterocycles. The summed E-state index contributed by atoms with van der Waals surface area (Å²) < 4.78 is 1.44. The van der Waals surface area contributed by atoms with Crippen molar-refractivity contribution in [3.63, 3.8) is 0 Å². The van der Waals surface area contributed by atoms with E-state index < -0.39 is 0 Å². The van der Waals surface area contributed by atoms with Crippen LogP contribution in [0.25, 0.3) is 0 Å². The minimum atomic E-state index is -0.173. The van der Waals surface area contributed by atoms with E-state index in [-0.39, 0.29) is 11.9 Å². The maximum absolute atomic E-state index is 11.7. The fourth-order valence-electron chi connectivity index (χ4n) is 1.50. The molecule has 15 heavy (non-hydrogen) atoms. The summed E-state index contributed by atoms with van der Waals surface area (Å²) in [5, 5.41) is 10.0. The maximum atomic E-state index is 11.7. The van der Waals surface area contributed by atoms with Crippen LogP contribution in [0.5, 0.6) is 0 Å². The molecular weight excluding hydrogens is 196 g/mol. The Balaban J connectivity index is 2.48. The molecule has 2 rings (SSSR count). The molecule has 0 saturated carbocycles. The van der Waals surface area contributed by atoms with E-state index in [2.05, 4.69) is 20.9 Å². The third-order valence-corrected chi connectivity index (χ3v) is 2.27. The van der Waals surface area contributed by atoms with Gasteiger partial charge < -0.3 is 5.73 Å². The fraction of sp³-hybridized carbons (Fsp3) is 0.375. The van der Waals surface area contributed by atoms with Gasteiger partial charge in [0, 0.05) is 11.3 Å². The number of amides is 1. The van der Waals surface area contributed by atoms with Crippen LogP contribution in [0.15, 0.2) is 11.3 Å². The summed E-state index contributed by atoms with van der Waals surface area (Å²) in [5.74, 6) is 0.343. The number of nitrogens with one attached hydrogen (secondary N) is 2. The number of aromatic nitrogens is 3. The number of nitrogens with zero attached hydrogens (tertiary/aromatic N) is 3. The summed E-state index contributed by atoms with van der Waals surface area (Å²) in [6.45, 7) is 3.72. The van der Waals surface area contributed by atoms with Gasteiger partial charge in [-0.2, -0.15) is 4.68 Å². The van der Waals surface area contributed by atoms with Crippen LogP contribution in [-0.2, 0) is 4.79 Å². The average Bonchev–Trinajstić information content (AvgIpc) is 2.46. The molecule has 0 saturated heterocycles. The van der Waals surface area contributed by atoms with E-state index in [1.165, 1.54) is 4.68 Å². The molecule has 7 nitrogen and oxygen atoms in total. The first-order valence-electron chi connectivity index (χ1n) is 4.62. The van der Waals surface area contributed by atoms with Crippen LogP contribution in [0.4, 0.5) is 11.9 Å². The first-order valence-corrected chi connectivity index (χ1v) is 4.62. The van der Waals surface area contributed by atoms with Crippen LogP contribution in [0.1, 0.15) is 20.3 Å². The van der Waals surface area contributed by atoms with Crippen LogP contribution < -0.4 is 16.5 Å². The van der Waals surface area contributed by atoms with Crippen molar-refractivity contribution in [2.45, 2.75) is 20.3 Å². The van der Waals surface area contributed by atoms with Gasteiger partial charge in [0.15, 0.2) is 0 Å². The van der Waals surface area contributed by atoms with Crippen molar-refractivity contribution in [2.24, 2.45) is 0 Å². The summed E-state index contributed by atoms with van der Waals surface area (Å²) in [6, 6.07) is 0. The average molecular weight is 208 g/mol. The van der Waals surface area contributed by atoms with Gasteiger partial charge in [0.05, 0.1) is 0 Å². The summed E-state index contributed by atoms with van der Waals surface area (Å²) in [6.07, 6.45) is 0.642. The van der Waals surface area contributed by atoms with Crippen LogP contribution in [0, 0.1) is 0 Å². The van der Waals surface area contributed by atoms with Crippen molar-refractivity contribution >= 4 is 17.8 Å². The SMILES string of the molecule is CCC1=C(C)Nn2c(N)nnc2NC1=O. The van der Waals surface area contributed by atoms with Crippen LogP contribution in [0.2, 0.25) is 0 Å². The van der Waals surface area contributed by atoms with Gasteiger partial charge in [-0.25, -0.2) is 0 Å². The zero-order valence-corrected chi connectivity index (χ0v) is 8.53. The molecule has 1 aromatic heterocycles. The number of hydrogen-bond acceptors (Lipinski definition) is 5. The molecule has 0 bridgehead atoms. The van der Waals surface area contributed by atoms with Gasteiger partial charge in [-0.1, -0.05) is 6.92 Å². The van der Waals surface area contributed by atoms with Crippen molar-refractivity contribution in [3.8, 4) is 0 Å². The number of carbonyl (C=O) groups excluding carboxylic acids is 1. The number of hydrogen-bond donors (Lipinski definition) is 3. The maximum Gasteiger partial charge on any atom is 0.255 e. The first-order chi connectivity index (χ1) is 7.13. The van der Waals surface area contributed by atoms with E-state index in [4.69, 9.17) is 5.73 Å². The minimum absolute atomic E-state index is 0.173. The third kappa shape index (κ3) is 1.41. The number of allylic oxidation sites excluding steroid dienone is 1. The molecule has 1 amide bonds. The van der Waals surface area contributed by atoms with Crippen LogP contribution >= 0.6 is 0 Å². The lowest BCUT2D eigenvalue weighted by Crippen LogP contribution is -2.16. The third-order valence-electron chi connectivity index (χ3n) is 2.27. The summed E-state index contributed by atoms with van der Waals surface area (Å²) in [4.78, 5) is 11.7. The minimum Gasteiger partial charge on any atom is -0.366 e. The standard InChI is InChI=1S/C8H12N6O/c1-3-5-4(2)13-14-7(9)11-12-8(14)10-6(5)15/h13H,3H2,1-2H3,(H2,9,11)(H,10,12,15). The zero-order valence-electron chi connectivity index (χ0n) is 8.53. The van der Waals surface area contributed by atoms with E-state index in [1.807, 2.05) is 13.8 Å². The highest BCUT2D eigenvalue weighted by Crippen LogP contribution is 2.17. The van der Waals surface area contributed by atoms with E-state index in [0.29, 0.717) is 17.9 Å². The summed E-state index contributed by atoms with van der Waals surface area (Å²) in [5.41, 5.74) is 9.97. The highest BCUT2D eigenvalue weighted by Gasteiger charge is 2.21. The second kappa shape index (κ2) is 3.26. The van der Waals surface area contributed by atoms with Gasteiger partial charge in [-0.15, -0.1) is 10.2 Å². The van der Waals surface area contributed by atoms with Gasteiger partial charge in [0.25, 0.3) is 11.9 Å². The van der Waals surface area contributed by atoms with E-state index in [1.54, 1.807) is 0 Å². The Morgan fingerprint density at radius 2 is 2.20 bits per heavy atom. The Hall–Kier alpha value is -2.05. The number of fused-ring (bicyclic) bond motifs is 1. The predicted octanol–water partition coefficient (Wildman–Crippen LogP) is 0.0399. The molecule has 0 spiro atoms. The highest BCUT2D eigenvalue weighted by atomic mass is 16.2. The van der Waals surface area contributed by atoms with Crippen molar-refractivity contribution in [1.82, 2.24) is 14.9 Å². The van der Waals surface area contributed by atoms with Crippen molar-refractivity contribution in [3.05, 3.63) is 11.3 Å².